The summed E-state index contributed by atoms with van der Waals surface area (Å²) in [5, 5.41) is 6.50. The van der Waals surface area contributed by atoms with Gasteiger partial charge in [0.15, 0.2) is 5.96 Å². The lowest BCUT2D eigenvalue weighted by atomic mass is 10.2. The molecule has 1 atom stereocenters. The molecule has 0 spiro atoms. The van der Waals surface area contributed by atoms with E-state index in [0.717, 1.165) is 56.7 Å². The molecule has 1 aromatic heterocycles. The number of morpholine rings is 1. The zero-order chi connectivity index (χ0) is 17.9. The van der Waals surface area contributed by atoms with E-state index < -0.39 is 0 Å². The lowest BCUT2D eigenvalue weighted by molar-refractivity contribution is 0.0529. The lowest BCUT2D eigenvalue weighted by Crippen LogP contribution is -2.41. The van der Waals surface area contributed by atoms with Crippen LogP contribution in [0.25, 0.3) is 0 Å². The van der Waals surface area contributed by atoms with Gasteiger partial charge in [0.2, 0.25) is 0 Å². The monoisotopic (exact) mass is 477 g/mol. The highest BCUT2D eigenvalue weighted by Gasteiger charge is 2.17. The van der Waals surface area contributed by atoms with Gasteiger partial charge in [-0.05, 0) is 32.4 Å². The summed E-state index contributed by atoms with van der Waals surface area (Å²) in [5.41, 5.74) is 1.09. The maximum atomic E-state index is 5.58. The highest BCUT2D eigenvalue weighted by atomic mass is 127. The van der Waals surface area contributed by atoms with Gasteiger partial charge in [0, 0.05) is 39.0 Å². The number of rotatable bonds is 8. The van der Waals surface area contributed by atoms with Gasteiger partial charge in [-0.3, -0.25) is 0 Å². The van der Waals surface area contributed by atoms with Crippen LogP contribution >= 0.6 is 24.0 Å². The molecule has 1 fully saturated rings. The molecule has 2 heterocycles. The van der Waals surface area contributed by atoms with Crippen molar-refractivity contribution in [1.29, 1.82) is 0 Å². The van der Waals surface area contributed by atoms with Gasteiger partial charge < -0.3 is 25.0 Å². The molecule has 0 aliphatic carbocycles. The molecule has 0 radical (unpaired) electrons. The molecule has 1 aliphatic heterocycles. The molecule has 2 rings (SSSR count). The Labute approximate surface area is 174 Å². The van der Waals surface area contributed by atoms with Crippen molar-refractivity contribution in [2.75, 3.05) is 50.9 Å². The van der Waals surface area contributed by atoms with E-state index in [1.54, 1.807) is 0 Å². The fraction of sp³-hybridized carbons (Fsp3) is 0.667. The molecule has 1 unspecified atom stereocenters. The SMILES string of the molecule is CCNC(=NCc1ccc(N2CCOC(C)C2)nc1)NCCOCC.I. The molecule has 1 aromatic rings. The van der Waals surface area contributed by atoms with Gasteiger partial charge in [-0.1, -0.05) is 6.07 Å². The summed E-state index contributed by atoms with van der Waals surface area (Å²) in [6.07, 6.45) is 2.16. The maximum absolute atomic E-state index is 5.58. The molecular weight excluding hydrogens is 445 g/mol. The molecule has 7 nitrogen and oxygen atoms in total. The van der Waals surface area contributed by atoms with E-state index in [9.17, 15) is 0 Å². The summed E-state index contributed by atoms with van der Waals surface area (Å²) < 4.78 is 10.9. The third kappa shape index (κ3) is 8.05. The number of hydrogen-bond donors (Lipinski definition) is 2. The molecule has 1 aliphatic rings. The summed E-state index contributed by atoms with van der Waals surface area (Å²) in [7, 11) is 0. The number of ether oxygens (including phenoxy) is 2. The van der Waals surface area contributed by atoms with Crippen LogP contribution in [-0.4, -0.2) is 63.0 Å². The number of aromatic nitrogens is 1. The van der Waals surface area contributed by atoms with Gasteiger partial charge in [0.25, 0.3) is 0 Å². The third-order valence-electron chi connectivity index (χ3n) is 3.88. The fourth-order valence-electron chi connectivity index (χ4n) is 2.62. The molecule has 1 saturated heterocycles. The normalized spacial score (nSPS) is 17.6. The molecule has 2 N–H and O–H groups in total. The topological polar surface area (TPSA) is 71.0 Å². The van der Waals surface area contributed by atoms with E-state index in [0.29, 0.717) is 13.2 Å². The Kier molecular flexibility index (Phi) is 11.5. The Morgan fingerprint density at radius 1 is 1.38 bits per heavy atom. The van der Waals surface area contributed by atoms with Crippen LogP contribution in [0.5, 0.6) is 0 Å². The van der Waals surface area contributed by atoms with E-state index >= 15 is 0 Å². The number of halogens is 1. The Hall–Kier alpha value is -1.13. The van der Waals surface area contributed by atoms with Crippen molar-refractivity contribution >= 4 is 35.8 Å². The van der Waals surface area contributed by atoms with E-state index in [-0.39, 0.29) is 30.1 Å². The second-order valence-corrected chi connectivity index (χ2v) is 5.97. The summed E-state index contributed by atoms with van der Waals surface area (Å²) in [5.74, 6) is 1.80. The van der Waals surface area contributed by atoms with Crippen molar-refractivity contribution in [3.8, 4) is 0 Å². The van der Waals surface area contributed by atoms with Crippen molar-refractivity contribution in [2.45, 2.75) is 33.4 Å². The van der Waals surface area contributed by atoms with Crippen LogP contribution < -0.4 is 15.5 Å². The second-order valence-electron chi connectivity index (χ2n) is 5.97. The van der Waals surface area contributed by atoms with Crippen LogP contribution in [0.1, 0.15) is 26.3 Å². The van der Waals surface area contributed by atoms with E-state index in [4.69, 9.17) is 9.47 Å². The van der Waals surface area contributed by atoms with E-state index in [1.807, 2.05) is 13.1 Å². The van der Waals surface area contributed by atoms with Crippen LogP contribution in [0.3, 0.4) is 0 Å². The number of nitrogens with zero attached hydrogens (tertiary/aromatic N) is 3. The second kappa shape index (κ2) is 13.1. The Balaban J connectivity index is 0.00000338. The number of pyridine rings is 1. The highest BCUT2D eigenvalue weighted by molar-refractivity contribution is 14.0. The number of hydrogen-bond acceptors (Lipinski definition) is 5. The van der Waals surface area contributed by atoms with Crippen LogP contribution in [0.4, 0.5) is 5.82 Å². The zero-order valence-electron chi connectivity index (χ0n) is 16.0. The van der Waals surface area contributed by atoms with Gasteiger partial charge in [-0.25, -0.2) is 9.98 Å². The van der Waals surface area contributed by atoms with Crippen molar-refractivity contribution < 1.29 is 9.47 Å². The first-order chi connectivity index (χ1) is 12.2. The Morgan fingerprint density at radius 2 is 2.23 bits per heavy atom. The third-order valence-corrected chi connectivity index (χ3v) is 3.88. The van der Waals surface area contributed by atoms with Crippen molar-refractivity contribution in [1.82, 2.24) is 15.6 Å². The van der Waals surface area contributed by atoms with Crippen molar-refractivity contribution in [3.63, 3.8) is 0 Å². The molecular formula is C18H32IN5O2. The van der Waals surface area contributed by atoms with Crippen LogP contribution in [0.2, 0.25) is 0 Å². The van der Waals surface area contributed by atoms with E-state index in [2.05, 4.69) is 51.5 Å². The maximum Gasteiger partial charge on any atom is 0.191 e. The summed E-state index contributed by atoms with van der Waals surface area (Å²) in [6, 6.07) is 4.16. The van der Waals surface area contributed by atoms with Crippen LogP contribution in [0, 0.1) is 0 Å². The predicted molar refractivity (Wildman–Crippen MR) is 117 cm³/mol. The van der Waals surface area contributed by atoms with Gasteiger partial charge in [-0.2, -0.15) is 0 Å². The van der Waals surface area contributed by atoms with Crippen LogP contribution in [0.15, 0.2) is 23.3 Å². The van der Waals surface area contributed by atoms with E-state index in [1.165, 1.54) is 0 Å². The Bertz CT molecular complexity index is 527. The smallest absolute Gasteiger partial charge is 0.191 e. The molecule has 148 valence electrons. The average molecular weight is 477 g/mol. The first-order valence-corrected chi connectivity index (χ1v) is 9.14. The fourth-order valence-corrected chi connectivity index (χ4v) is 2.62. The molecule has 0 amide bonds. The first-order valence-electron chi connectivity index (χ1n) is 9.14. The highest BCUT2D eigenvalue weighted by Crippen LogP contribution is 2.15. The standard InChI is InChI=1S/C18H31N5O2.HI/c1-4-19-18(20-8-10-24-5-2)22-13-16-6-7-17(21-12-16)23-9-11-25-15(3)14-23;/h6-7,12,15H,4-5,8-11,13-14H2,1-3H3,(H2,19,20,22);1H. The minimum Gasteiger partial charge on any atom is -0.380 e. The lowest BCUT2D eigenvalue weighted by Gasteiger charge is -2.32. The molecule has 0 bridgehead atoms. The number of anilines is 1. The quantitative estimate of drug-likeness (QED) is 0.259. The van der Waals surface area contributed by atoms with Gasteiger partial charge in [0.05, 0.1) is 25.9 Å². The van der Waals surface area contributed by atoms with Gasteiger partial charge in [0.1, 0.15) is 5.82 Å². The predicted octanol–water partition coefficient (Wildman–Crippen LogP) is 2.02. The van der Waals surface area contributed by atoms with Gasteiger partial charge >= 0.3 is 0 Å². The summed E-state index contributed by atoms with van der Waals surface area (Å²) in [6.45, 7) is 12.2. The largest absolute Gasteiger partial charge is 0.380 e. The first kappa shape index (κ1) is 22.9. The Morgan fingerprint density at radius 3 is 2.88 bits per heavy atom. The molecule has 0 aromatic carbocycles. The van der Waals surface area contributed by atoms with Crippen molar-refractivity contribution in [3.05, 3.63) is 23.9 Å². The molecule has 8 heteroatoms. The minimum absolute atomic E-state index is 0. The number of guanidine groups is 1. The zero-order valence-corrected chi connectivity index (χ0v) is 18.4. The molecule has 26 heavy (non-hydrogen) atoms. The molecule has 0 saturated carbocycles. The number of nitrogens with one attached hydrogen (secondary N) is 2. The minimum atomic E-state index is 0. The summed E-state index contributed by atoms with van der Waals surface area (Å²) >= 11 is 0. The number of aliphatic imine (C=N–C) groups is 1. The summed E-state index contributed by atoms with van der Waals surface area (Å²) in [4.78, 5) is 11.5. The van der Waals surface area contributed by atoms with Gasteiger partial charge in [-0.15, -0.1) is 24.0 Å². The van der Waals surface area contributed by atoms with Crippen molar-refractivity contribution in [2.24, 2.45) is 4.99 Å². The average Bonchev–Trinajstić information content (AvgIpc) is 2.63. The van der Waals surface area contributed by atoms with Crippen LogP contribution in [-0.2, 0) is 16.0 Å².